The van der Waals surface area contributed by atoms with Crippen LogP contribution in [0.1, 0.15) is 29.7 Å². The predicted molar refractivity (Wildman–Crippen MR) is 119 cm³/mol. The lowest BCUT2D eigenvalue weighted by molar-refractivity contribution is 0.134. The largest absolute Gasteiger partial charge is 0.488 e. The molecule has 2 aliphatic heterocycles. The van der Waals surface area contributed by atoms with Crippen molar-refractivity contribution in [1.82, 2.24) is 15.2 Å². The molecule has 0 bridgehead atoms. The van der Waals surface area contributed by atoms with Crippen LogP contribution in [0.5, 0.6) is 5.75 Å². The smallest absolute Gasteiger partial charge is 0.123 e. The maximum atomic E-state index is 6.15. The van der Waals surface area contributed by atoms with Crippen LogP contribution in [0.15, 0.2) is 42.6 Å². The highest BCUT2D eigenvalue weighted by Crippen LogP contribution is 2.34. The maximum absolute atomic E-state index is 6.15. The average molecular weight is 424 g/mol. The third kappa shape index (κ3) is 4.98. The van der Waals surface area contributed by atoms with Gasteiger partial charge in [-0.1, -0.05) is 24.3 Å². The SMILES string of the molecule is Cc1ccc(C2(CN(C)CC3Cc4ccccc4O3)CCNCC2)nc1.Cl.Cl. The van der Waals surface area contributed by atoms with E-state index in [2.05, 4.69) is 60.6 Å². The van der Waals surface area contributed by atoms with Crippen LogP contribution in [0.2, 0.25) is 0 Å². The second-order valence-corrected chi connectivity index (χ2v) is 8.00. The Morgan fingerprint density at radius 2 is 1.89 bits per heavy atom. The van der Waals surface area contributed by atoms with Gasteiger partial charge in [-0.15, -0.1) is 24.8 Å². The van der Waals surface area contributed by atoms with E-state index >= 15 is 0 Å². The molecule has 1 aromatic carbocycles. The number of hydrogen-bond acceptors (Lipinski definition) is 4. The normalized spacial score (nSPS) is 19.9. The van der Waals surface area contributed by atoms with Crippen LogP contribution in [0.25, 0.3) is 0 Å². The number of piperidine rings is 1. The molecule has 6 heteroatoms. The minimum absolute atomic E-state index is 0. The molecule has 4 nitrogen and oxygen atoms in total. The number of halogens is 2. The molecule has 0 aliphatic carbocycles. The topological polar surface area (TPSA) is 37.4 Å². The molecular formula is C22H31Cl2N3O. The van der Waals surface area contributed by atoms with Crippen LogP contribution in [0.4, 0.5) is 0 Å². The number of likely N-dealkylation sites (N-methyl/N-ethyl adjacent to an activating group) is 1. The van der Waals surface area contributed by atoms with Gasteiger partial charge in [-0.3, -0.25) is 4.98 Å². The Morgan fingerprint density at radius 1 is 1.14 bits per heavy atom. The Hall–Kier alpha value is -1.33. The van der Waals surface area contributed by atoms with Gasteiger partial charge in [0, 0.05) is 36.8 Å². The van der Waals surface area contributed by atoms with Gasteiger partial charge < -0.3 is 15.0 Å². The fraction of sp³-hybridized carbons (Fsp3) is 0.500. The second-order valence-electron chi connectivity index (χ2n) is 8.00. The molecule has 0 radical (unpaired) electrons. The van der Waals surface area contributed by atoms with Gasteiger partial charge in [0.05, 0.1) is 0 Å². The number of rotatable bonds is 5. The molecule has 1 fully saturated rings. The molecule has 3 heterocycles. The van der Waals surface area contributed by atoms with E-state index in [1.54, 1.807) is 0 Å². The van der Waals surface area contributed by atoms with E-state index in [1.165, 1.54) is 16.8 Å². The highest BCUT2D eigenvalue weighted by atomic mass is 35.5. The van der Waals surface area contributed by atoms with Gasteiger partial charge in [0.25, 0.3) is 0 Å². The van der Waals surface area contributed by atoms with Crippen molar-refractivity contribution >= 4 is 24.8 Å². The van der Waals surface area contributed by atoms with Crippen molar-refractivity contribution in [2.75, 3.05) is 33.2 Å². The van der Waals surface area contributed by atoms with Crippen LogP contribution in [-0.4, -0.2) is 49.2 Å². The quantitative estimate of drug-likeness (QED) is 0.793. The lowest BCUT2D eigenvalue weighted by Gasteiger charge is -2.40. The van der Waals surface area contributed by atoms with E-state index in [4.69, 9.17) is 9.72 Å². The molecule has 0 amide bonds. The predicted octanol–water partition coefficient (Wildman–Crippen LogP) is 3.79. The Morgan fingerprint density at radius 3 is 2.57 bits per heavy atom. The molecular weight excluding hydrogens is 393 g/mol. The number of hydrogen-bond donors (Lipinski definition) is 1. The van der Waals surface area contributed by atoms with E-state index in [0.717, 1.165) is 51.2 Å². The number of benzene rings is 1. The zero-order valence-corrected chi connectivity index (χ0v) is 18.3. The Kier molecular flexibility index (Phi) is 8.14. The fourth-order valence-corrected chi connectivity index (χ4v) is 4.47. The Balaban J connectivity index is 0.00000140. The number of para-hydroxylation sites is 1. The molecule has 1 aromatic heterocycles. The molecule has 1 saturated heterocycles. The van der Waals surface area contributed by atoms with Gasteiger partial charge in [-0.25, -0.2) is 0 Å². The summed E-state index contributed by atoms with van der Waals surface area (Å²) in [7, 11) is 2.23. The van der Waals surface area contributed by atoms with Crippen molar-refractivity contribution in [2.24, 2.45) is 0 Å². The zero-order valence-electron chi connectivity index (χ0n) is 16.7. The summed E-state index contributed by atoms with van der Waals surface area (Å²) in [6, 6.07) is 12.8. The van der Waals surface area contributed by atoms with Gasteiger partial charge in [0.15, 0.2) is 0 Å². The molecule has 28 heavy (non-hydrogen) atoms. The molecule has 0 spiro atoms. The summed E-state index contributed by atoms with van der Waals surface area (Å²) >= 11 is 0. The number of aromatic nitrogens is 1. The van der Waals surface area contributed by atoms with Gasteiger partial charge in [0.2, 0.25) is 0 Å². The van der Waals surface area contributed by atoms with Crippen molar-refractivity contribution in [2.45, 2.75) is 37.7 Å². The van der Waals surface area contributed by atoms with Crippen molar-refractivity contribution in [3.63, 3.8) is 0 Å². The molecule has 154 valence electrons. The Bertz CT molecular complexity index is 723. The lowest BCUT2D eigenvalue weighted by atomic mass is 9.75. The van der Waals surface area contributed by atoms with Gasteiger partial charge in [-0.2, -0.15) is 0 Å². The molecule has 0 saturated carbocycles. The van der Waals surface area contributed by atoms with Crippen molar-refractivity contribution < 1.29 is 4.74 Å². The van der Waals surface area contributed by atoms with Crippen molar-refractivity contribution in [1.29, 1.82) is 0 Å². The minimum Gasteiger partial charge on any atom is -0.488 e. The standard InChI is InChI=1S/C22H29N3O.2ClH/c1-17-7-8-21(24-14-17)22(9-11-23-12-10-22)16-25(2)15-19-13-18-5-3-4-6-20(18)26-19;;/h3-8,14,19,23H,9-13,15-16H2,1-2H3;2*1H. The van der Waals surface area contributed by atoms with Gasteiger partial charge in [-0.05, 0) is 63.2 Å². The highest BCUT2D eigenvalue weighted by molar-refractivity contribution is 5.85. The van der Waals surface area contributed by atoms with E-state index in [0.29, 0.717) is 0 Å². The molecule has 2 aliphatic rings. The number of aryl methyl sites for hydroxylation is 1. The number of pyridine rings is 1. The summed E-state index contributed by atoms with van der Waals surface area (Å²) in [5.41, 5.74) is 3.94. The summed E-state index contributed by atoms with van der Waals surface area (Å²) in [5, 5.41) is 3.51. The van der Waals surface area contributed by atoms with Gasteiger partial charge >= 0.3 is 0 Å². The first-order valence-corrected chi connectivity index (χ1v) is 9.72. The van der Waals surface area contributed by atoms with Crippen LogP contribution in [-0.2, 0) is 11.8 Å². The highest BCUT2D eigenvalue weighted by Gasteiger charge is 2.37. The molecule has 1 N–H and O–H groups in total. The monoisotopic (exact) mass is 423 g/mol. The van der Waals surface area contributed by atoms with E-state index < -0.39 is 0 Å². The van der Waals surface area contributed by atoms with Crippen LogP contribution in [0, 0.1) is 6.92 Å². The fourth-order valence-electron chi connectivity index (χ4n) is 4.47. The summed E-state index contributed by atoms with van der Waals surface area (Å²) in [6.07, 6.45) is 5.55. The number of ether oxygens (including phenoxy) is 1. The molecule has 4 rings (SSSR count). The van der Waals surface area contributed by atoms with Crippen LogP contribution < -0.4 is 10.1 Å². The summed E-state index contributed by atoms with van der Waals surface area (Å²) < 4.78 is 6.15. The summed E-state index contributed by atoms with van der Waals surface area (Å²) in [4.78, 5) is 7.25. The van der Waals surface area contributed by atoms with Crippen LogP contribution >= 0.6 is 24.8 Å². The van der Waals surface area contributed by atoms with Gasteiger partial charge in [0.1, 0.15) is 11.9 Å². The molecule has 1 atom stereocenters. The first-order chi connectivity index (χ1) is 12.6. The zero-order chi connectivity index (χ0) is 18.0. The minimum atomic E-state index is 0. The van der Waals surface area contributed by atoms with Crippen molar-refractivity contribution in [3.05, 3.63) is 59.4 Å². The molecule has 1 unspecified atom stereocenters. The summed E-state index contributed by atoms with van der Waals surface area (Å²) in [6.45, 7) is 6.22. The Labute approximate surface area is 180 Å². The first kappa shape index (κ1) is 23.0. The van der Waals surface area contributed by atoms with Crippen LogP contribution in [0.3, 0.4) is 0 Å². The average Bonchev–Trinajstić information content (AvgIpc) is 3.05. The maximum Gasteiger partial charge on any atom is 0.123 e. The third-order valence-electron chi connectivity index (χ3n) is 5.82. The van der Waals surface area contributed by atoms with E-state index in [9.17, 15) is 0 Å². The second kappa shape index (κ2) is 9.93. The van der Waals surface area contributed by atoms with Crippen molar-refractivity contribution in [3.8, 4) is 5.75 Å². The number of nitrogens with zero attached hydrogens (tertiary/aromatic N) is 2. The van der Waals surface area contributed by atoms with E-state index in [1.807, 2.05) is 6.20 Å². The summed E-state index contributed by atoms with van der Waals surface area (Å²) in [5.74, 6) is 1.06. The lowest BCUT2D eigenvalue weighted by Crippen LogP contribution is -2.48. The number of nitrogens with one attached hydrogen (secondary N) is 1. The molecule has 2 aromatic rings. The first-order valence-electron chi connectivity index (χ1n) is 9.72. The number of fused-ring (bicyclic) bond motifs is 1. The van der Waals surface area contributed by atoms with E-state index in [-0.39, 0.29) is 36.3 Å². The third-order valence-corrected chi connectivity index (χ3v) is 5.82.